The molecule has 1 saturated heterocycles. The highest BCUT2D eigenvalue weighted by Crippen LogP contribution is 2.27. The summed E-state index contributed by atoms with van der Waals surface area (Å²) in [5.74, 6) is 0. The van der Waals surface area contributed by atoms with E-state index in [-0.39, 0.29) is 0 Å². The highest BCUT2D eigenvalue weighted by Gasteiger charge is 2.22. The van der Waals surface area contributed by atoms with Crippen molar-refractivity contribution < 1.29 is 0 Å². The molecule has 0 spiro atoms. The Balaban J connectivity index is 2.21. The van der Waals surface area contributed by atoms with Gasteiger partial charge in [-0.05, 0) is 56.1 Å². The van der Waals surface area contributed by atoms with Crippen molar-refractivity contribution in [3.05, 3.63) is 34.3 Å². The lowest BCUT2D eigenvalue weighted by Crippen LogP contribution is -2.37. The van der Waals surface area contributed by atoms with E-state index in [0.717, 1.165) is 5.02 Å². The lowest BCUT2D eigenvalue weighted by atomic mass is 9.98. The Kier molecular flexibility index (Phi) is 4.43. The van der Waals surface area contributed by atoms with Gasteiger partial charge >= 0.3 is 0 Å². The molecule has 94 valence electrons. The van der Waals surface area contributed by atoms with Gasteiger partial charge in [0.2, 0.25) is 0 Å². The van der Waals surface area contributed by atoms with Crippen LogP contribution < -0.4 is 5.73 Å². The van der Waals surface area contributed by atoms with Gasteiger partial charge in [-0.2, -0.15) is 0 Å². The Hall–Kier alpha value is -0.570. The second kappa shape index (κ2) is 5.85. The van der Waals surface area contributed by atoms with E-state index in [2.05, 4.69) is 17.9 Å². The maximum Gasteiger partial charge on any atom is 0.0473 e. The van der Waals surface area contributed by atoms with E-state index in [9.17, 15) is 0 Å². The molecule has 1 aromatic carbocycles. The first kappa shape index (κ1) is 12.9. The Morgan fingerprint density at radius 3 is 2.59 bits per heavy atom. The number of aryl methyl sites for hydroxylation is 1. The van der Waals surface area contributed by atoms with Crippen molar-refractivity contribution in [2.45, 2.75) is 32.2 Å². The fourth-order valence-electron chi connectivity index (χ4n) is 2.72. The van der Waals surface area contributed by atoms with Crippen molar-refractivity contribution in [3.8, 4) is 0 Å². The number of benzene rings is 1. The minimum atomic E-state index is 0.354. The van der Waals surface area contributed by atoms with E-state index in [1.54, 1.807) is 0 Å². The summed E-state index contributed by atoms with van der Waals surface area (Å²) in [5, 5.41) is 0.806. The van der Waals surface area contributed by atoms with Crippen LogP contribution in [0.15, 0.2) is 18.2 Å². The molecule has 0 bridgehead atoms. The molecule has 0 aromatic heterocycles. The predicted octanol–water partition coefficient (Wildman–Crippen LogP) is 3.13. The molecular weight excluding hydrogens is 232 g/mol. The zero-order valence-corrected chi connectivity index (χ0v) is 11.2. The molecule has 1 unspecified atom stereocenters. The van der Waals surface area contributed by atoms with Crippen LogP contribution in [-0.2, 0) is 0 Å². The molecule has 1 aliphatic heterocycles. The van der Waals surface area contributed by atoms with E-state index in [1.807, 2.05) is 12.1 Å². The van der Waals surface area contributed by atoms with Crippen LogP contribution in [-0.4, -0.2) is 24.5 Å². The quantitative estimate of drug-likeness (QED) is 0.896. The maximum atomic E-state index is 6.01. The SMILES string of the molecule is Cc1cc(Cl)ccc1C(CN)N1CCCCC1. The second-order valence-electron chi connectivity index (χ2n) is 4.85. The Morgan fingerprint density at radius 1 is 1.29 bits per heavy atom. The van der Waals surface area contributed by atoms with Gasteiger partial charge in [-0.15, -0.1) is 0 Å². The van der Waals surface area contributed by atoms with Crippen LogP contribution in [0.25, 0.3) is 0 Å². The molecule has 0 amide bonds. The molecule has 0 aliphatic carbocycles. The van der Waals surface area contributed by atoms with Gasteiger partial charge in [0.25, 0.3) is 0 Å². The van der Waals surface area contributed by atoms with Gasteiger partial charge in [-0.25, -0.2) is 0 Å². The number of rotatable bonds is 3. The van der Waals surface area contributed by atoms with E-state index in [4.69, 9.17) is 17.3 Å². The summed E-state index contributed by atoms with van der Waals surface area (Å²) < 4.78 is 0. The summed E-state index contributed by atoms with van der Waals surface area (Å²) >= 11 is 6.01. The highest BCUT2D eigenvalue weighted by atomic mass is 35.5. The van der Waals surface area contributed by atoms with Crippen molar-refractivity contribution in [1.29, 1.82) is 0 Å². The Bertz CT molecular complexity index is 372. The fourth-order valence-corrected chi connectivity index (χ4v) is 2.94. The van der Waals surface area contributed by atoms with Crippen LogP contribution in [0.5, 0.6) is 0 Å². The zero-order chi connectivity index (χ0) is 12.3. The van der Waals surface area contributed by atoms with Gasteiger partial charge in [0, 0.05) is 17.6 Å². The molecule has 1 atom stereocenters. The van der Waals surface area contributed by atoms with E-state index in [0.29, 0.717) is 12.6 Å². The average molecular weight is 253 g/mol. The molecule has 2 N–H and O–H groups in total. The first-order valence-electron chi connectivity index (χ1n) is 6.42. The molecule has 0 saturated carbocycles. The molecule has 1 aliphatic rings. The van der Waals surface area contributed by atoms with Gasteiger partial charge in [0.05, 0.1) is 0 Å². The molecule has 0 radical (unpaired) electrons. The van der Waals surface area contributed by atoms with Gasteiger partial charge in [0.1, 0.15) is 0 Å². The van der Waals surface area contributed by atoms with E-state index in [1.165, 1.54) is 43.5 Å². The number of hydrogen-bond donors (Lipinski definition) is 1. The number of nitrogens with zero attached hydrogens (tertiary/aromatic N) is 1. The summed E-state index contributed by atoms with van der Waals surface area (Å²) in [5.41, 5.74) is 8.55. The second-order valence-corrected chi connectivity index (χ2v) is 5.29. The molecular formula is C14H21ClN2. The van der Waals surface area contributed by atoms with Crippen molar-refractivity contribution in [3.63, 3.8) is 0 Å². The third-order valence-electron chi connectivity index (χ3n) is 3.65. The molecule has 1 fully saturated rings. The monoisotopic (exact) mass is 252 g/mol. The summed E-state index contributed by atoms with van der Waals surface area (Å²) in [7, 11) is 0. The number of likely N-dealkylation sites (tertiary alicyclic amines) is 1. The highest BCUT2D eigenvalue weighted by molar-refractivity contribution is 6.30. The van der Waals surface area contributed by atoms with Crippen LogP contribution in [0.3, 0.4) is 0 Å². The molecule has 17 heavy (non-hydrogen) atoms. The third-order valence-corrected chi connectivity index (χ3v) is 3.88. The number of hydrogen-bond acceptors (Lipinski definition) is 2. The topological polar surface area (TPSA) is 29.3 Å². The summed E-state index contributed by atoms with van der Waals surface area (Å²) in [6.45, 7) is 5.14. The van der Waals surface area contributed by atoms with Crippen molar-refractivity contribution in [2.75, 3.05) is 19.6 Å². The maximum absolute atomic E-state index is 6.01. The van der Waals surface area contributed by atoms with Crippen LogP contribution in [0.4, 0.5) is 0 Å². The van der Waals surface area contributed by atoms with Crippen molar-refractivity contribution in [2.24, 2.45) is 5.73 Å². The minimum Gasteiger partial charge on any atom is -0.329 e. The molecule has 3 heteroatoms. The van der Waals surface area contributed by atoms with Crippen LogP contribution in [0.2, 0.25) is 5.02 Å². The lowest BCUT2D eigenvalue weighted by molar-refractivity contribution is 0.167. The fraction of sp³-hybridized carbons (Fsp3) is 0.571. The number of nitrogens with two attached hydrogens (primary N) is 1. The minimum absolute atomic E-state index is 0.354. The Labute approximate surface area is 109 Å². The van der Waals surface area contributed by atoms with E-state index < -0.39 is 0 Å². The molecule has 1 aromatic rings. The summed E-state index contributed by atoms with van der Waals surface area (Å²) in [6.07, 6.45) is 3.94. The first-order valence-corrected chi connectivity index (χ1v) is 6.80. The van der Waals surface area contributed by atoms with Gasteiger partial charge in [-0.3, -0.25) is 4.90 Å². The van der Waals surface area contributed by atoms with Crippen molar-refractivity contribution >= 4 is 11.6 Å². The smallest absolute Gasteiger partial charge is 0.0473 e. The van der Waals surface area contributed by atoms with E-state index >= 15 is 0 Å². The van der Waals surface area contributed by atoms with Crippen LogP contribution in [0.1, 0.15) is 36.4 Å². The summed E-state index contributed by atoms with van der Waals surface area (Å²) in [6, 6.07) is 6.48. The lowest BCUT2D eigenvalue weighted by Gasteiger charge is -2.35. The predicted molar refractivity (Wildman–Crippen MR) is 73.4 cm³/mol. The third kappa shape index (κ3) is 3.01. The first-order chi connectivity index (χ1) is 8.22. The number of piperidine rings is 1. The van der Waals surface area contributed by atoms with Crippen LogP contribution in [0, 0.1) is 6.92 Å². The van der Waals surface area contributed by atoms with Gasteiger partial charge in [-0.1, -0.05) is 24.1 Å². The Morgan fingerprint density at radius 2 is 2.00 bits per heavy atom. The number of halogens is 1. The molecule has 2 nitrogen and oxygen atoms in total. The van der Waals surface area contributed by atoms with Gasteiger partial charge < -0.3 is 5.73 Å². The molecule has 2 rings (SSSR count). The normalized spacial score (nSPS) is 19.2. The van der Waals surface area contributed by atoms with Crippen LogP contribution >= 0.6 is 11.6 Å². The molecule has 1 heterocycles. The zero-order valence-electron chi connectivity index (χ0n) is 10.5. The average Bonchev–Trinajstić information content (AvgIpc) is 2.34. The largest absolute Gasteiger partial charge is 0.329 e. The summed E-state index contributed by atoms with van der Waals surface area (Å²) in [4.78, 5) is 2.51. The van der Waals surface area contributed by atoms with Crippen molar-refractivity contribution in [1.82, 2.24) is 4.90 Å². The standard InChI is InChI=1S/C14H21ClN2/c1-11-9-12(15)5-6-13(11)14(10-16)17-7-3-2-4-8-17/h5-6,9,14H,2-4,7-8,10,16H2,1H3. The van der Waals surface area contributed by atoms with Gasteiger partial charge in [0.15, 0.2) is 0 Å².